The van der Waals surface area contributed by atoms with E-state index < -0.39 is 0 Å². The van der Waals surface area contributed by atoms with E-state index in [9.17, 15) is 4.79 Å². The van der Waals surface area contributed by atoms with Crippen LogP contribution in [0.15, 0.2) is 0 Å². The van der Waals surface area contributed by atoms with Gasteiger partial charge >= 0.3 is 0 Å². The highest BCUT2D eigenvalue weighted by Gasteiger charge is 2.40. The normalized spacial score (nSPS) is 42.4. The third-order valence-corrected chi connectivity index (χ3v) is 6.66. The first kappa shape index (κ1) is 16.0. The van der Waals surface area contributed by atoms with E-state index >= 15 is 0 Å². The van der Waals surface area contributed by atoms with Gasteiger partial charge in [-0.3, -0.25) is 4.79 Å². The summed E-state index contributed by atoms with van der Waals surface area (Å²) in [6, 6.07) is 0. The van der Waals surface area contributed by atoms with E-state index in [-0.39, 0.29) is 0 Å². The van der Waals surface area contributed by atoms with Gasteiger partial charge in [-0.1, -0.05) is 53.4 Å². The maximum Gasteiger partial charge on any atom is 0.139 e. The van der Waals surface area contributed by atoms with Crippen molar-refractivity contribution in [3.05, 3.63) is 0 Å². The van der Waals surface area contributed by atoms with Gasteiger partial charge in [-0.2, -0.15) is 0 Å². The quantitative estimate of drug-likeness (QED) is 0.638. The lowest BCUT2D eigenvalue weighted by atomic mass is 9.63. The van der Waals surface area contributed by atoms with Crippen LogP contribution in [-0.4, -0.2) is 5.78 Å². The fourth-order valence-corrected chi connectivity index (χ4v) is 4.61. The van der Waals surface area contributed by atoms with Crippen LogP contribution in [0.1, 0.15) is 91.9 Å². The Balaban J connectivity index is 2.00. The highest BCUT2D eigenvalue weighted by atomic mass is 16.1. The minimum Gasteiger partial charge on any atom is -0.299 e. The molecule has 0 aliphatic heterocycles. The number of rotatable bonds is 4. The predicted octanol–water partition coefficient (Wildman–Crippen LogP) is 5.77. The summed E-state index contributed by atoms with van der Waals surface area (Å²) in [7, 11) is 0. The first-order valence-electron chi connectivity index (χ1n) is 8.95. The van der Waals surface area contributed by atoms with Gasteiger partial charge in [-0.15, -0.1) is 0 Å². The van der Waals surface area contributed by atoms with Gasteiger partial charge in [0.25, 0.3) is 0 Å². The molecule has 0 amide bonds. The Bertz CT molecular complexity index is 316. The molecule has 4 unspecified atom stereocenters. The SMILES string of the molecule is CCC1(C)CCCC(C(=O)C2CCCC(C)(CC)C2)C1. The fraction of sp³-hybridized carbons (Fsp3) is 0.947. The van der Waals surface area contributed by atoms with Gasteiger partial charge in [0.05, 0.1) is 0 Å². The van der Waals surface area contributed by atoms with Crippen molar-refractivity contribution in [2.75, 3.05) is 0 Å². The summed E-state index contributed by atoms with van der Waals surface area (Å²) in [5.41, 5.74) is 0.864. The molecule has 0 spiro atoms. The van der Waals surface area contributed by atoms with Gasteiger partial charge in [0.1, 0.15) is 5.78 Å². The summed E-state index contributed by atoms with van der Waals surface area (Å²) in [6.07, 6.45) is 12.3. The van der Waals surface area contributed by atoms with Crippen LogP contribution in [0.2, 0.25) is 0 Å². The molecule has 2 saturated carbocycles. The van der Waals surface area contributed by atoms with E-state index in [0.717, 1.165) is 25.7 Å². The van der Waals surface area contributed by atoms with Crippen molar-refractivity contribution in [2.45, 2.75) is 91.9 Å². The predicted molar refractivity (Wildman–Crippen MR) is 85.7 cm³/mol. The smallest absolute Gasteiger partial charge is 0.139 e. The number of hydrogen-bond donors (Lipinski definition) is 0. The van der Waals surface area contributed by atoms with Crippen LogP contribution >= 0.6 is 0 Å². The Morgan fingerprint density at radius 1 is 0.900 bits per heavy atom. The summed E-state index contributed by atoms with van der Waals surface area (Å²) < 4.78 is 0. The molecule has 2 aliphatic carbocycles. The largest absolute Gasteiger partial charge is 0.299 e. The molecule has 20 heavy (non-hydrogen) atoms. The Morgan fingerprint density at radius 2 is 1.30 bits per heavy atom. The molecule has 0 aromatic rings. The molecule has 1 heteroatoms. The van der Waals surface area contributed by atoms with E-state index in [2.05, 4.69) is 27.7 Å². The molecule has 0 aromatic carbocycles. The molecule has 0 heterocycles. The van der Waals surface area contributed by atoms with E-state index in [0.29, 0.717) is 28.4 Å². The second-order valence-corrected chi connectivity index (χ2v) is 8.32. The molecule has 0 N–H and O–H groups in total. The van der Waals surface area contributed by atoms with Crippen LogP contribution in [0.25, 0.3) is 0 Å². The lowest BCUT2D eigenvalue weighted by molar-refractivity contribution is -0.131. The third-order valence-electron chi connectivity index (χ3n) is 6.66. The van der Waals surface area contributed by atoms with Crippen molar-refractivity contribution in [1.29, 1.82) is 0 Å². The zero-order chi connectivity index (χ0) is 14.8. The summed E-state index contributed by atoms with van der Waals surface area (Å²) in [4.78, 5) is 13.0. The summed E-state index contributed by atoms with van der Waals surface area (Å²) in [6.45, 7) is 9.37. The van der Waals surface area contributed by atoms with Gasteiger partial charge in [0.15, 0.2) is 0 Å². The van der Waals surface area contributed by atoms with Crippen LogP contribution in [0.4, 0.5) is 0 Å². The molecular formula is C19H34O. The standard InChI is InChI=1S/C19H34O/c1-5-18(3)11-7-9-15(13-18)17(20)16-10-8-12-19(4,6-2)14-16/h15-16H,5-14H2,1-4H3. The highest BCUT2D eigenvalue weighted by Crippen LogP contribution is 2.46. The Labute approximate surface area is 125 Å². The Morgan fingerprint density at radius 3 is 1.65 bits per heavy atom. The highest BCUT2D eigenvalue weighted by molar-refractivity contribution is 5.83. The van der Waals surface area contributed by atoms with Crippen LogP contribution in [0.3, 0.4) is 0 Å². The van der Waals surface area contributed by atoms with E-state index in [1.807, 2.05) is 0 Å². The second-order valence-electron chi connectivity index (χ2n) is 8.32. The van der Waals surface area contributed by atoms with Gasteiger partial charge in [0, 0.05) is 11.8 Å². The topological polar surface area (TPSA) is 17.1 Å². The molecule has 0 bridgehead atoms. The average molecular weight is 278 g/mol. The summed E-state index contributed by atoms with van der Waals surface area (Å²) in [5, 5.41) is 0. The second kappa shape index (κ2) is 6.20. The van der Waals surface area contributed by atoms with Crippen molar-refractivity contribution >= 4 is 5.78 Å². The van der Waals surface area contributed by atoms with Crippen LogP contribution in [-0.2, 0) is 4.79 Å². The number of Topliss-reactive ketones (excluding diaryl/α,β-unsaturated/α-hetero) is 1. The lowest BCUT2D eigenvalue weighted by Crippen LogP contribution is -2.36. The molecular weight excluding hydrogens is 244 g/mol. The van der Waals surface area contributed by atoms with Crippen LogP contribution in [0.5, 0.6) is 0 Å². The first-order valence-corrected chi connectivity index (χ1v) is 8.95. The zero-order valence-corrected chi connectivity index (χ0v) is 14.1. The van der Waals surface area contributed by atoms with E-state index in [1.165, 1.54) is 38.5 Å². The molecule has 0 saturated heterocycles. The number of carbonyl (C=O) groups excluding carboxylic acids is 1. The monoisotopic (exact) mass is 278 g/mol. The van der Waals surface area contributed by atoms with Crippen molar-refractivity contribution in [2.24, 2.45) is 22.7 Å². The molecule has 2 rings (SSSR count). The Kier molecular flexibility index (Phi) is 4.97. The summed E-state index contributed by atoms with van der Waals surface area (Å²) in [5.74, 6) is 1.37. The summed E-state index contributed by atoms with van der Waals surface area (Å²) >= 11 is 0. The molecule has 0 radical (unpaired) electrons. The van der Waals surface area contributed by atoms with Crippen molar-refractivity contribution in [3.8, 4) is 0 Å². The molecule has 2 fully saturated rings. The first-order chi connectivity index (χ1) is 9.41. The molecule has 0 aromatic heterocycles. The van der Waals surface area contributed by atoms with Crippen LogP contribution < -0.4 is 0 Å². The van der Waals surface area contributed by atoms with Crippen molar-refractivity contribution in [1.82, 2.24) is 0 Å². The zero-order valence-electron chi connectivity index (χ0n) is 14.1. The number of carbonyl (C=O) groups is 1. The Hall–Kier alpha value is -0.330. The van der Waals surface area contributed by atoms with Crippen LogP contribution in [0, 0.1) is 22.7 Å². The molecule has 1 nitrogen and oxygen atoms in total. The number of ketones is 1. The van der Waals surface area contributed by atoms with Gasteiger partial charge in [-0.25, -0.2) is 0 Å². The maximum absolute atomic E-state index is 13.0. The minimum absolute atomic E-state index is 0.373. The number of hydrogen-bond acceptors (Lipinski definition) is 1. The molecule has 4 atom stereocenters. The third kappa shape index (κ3) is 3.46. The maximum atomic E-state index is 13.0. The lowest BCUT2D eigenvalue weighted by Gasteiger charge is -2.41. The van der Waals surface area contributed by atoms with Gasteiger partial charge in [-0.05, 0) is 49.4 Å². The van der Waals surface area contributed by atoms with Crippen molar-refractivity contribution < 1.29 is 4.79 Å². The van der Waals surface area contributed by atoms with E-state index in [1.54, 1.807) is 0 Å². The molecule has 116 valence electrons. The van der Waals surface area contributed by atoms with Gasteiger partial charge in [0.2, 0.25) is 0 Å². The average Bonchev–Trinajstić information content (AvgIpc) is 2.46. The van der Waals surface area contributed by atoms with E-state index in [4.69, 9.17) is 0 Å². The van der Waals surface area contributed by atoms with Gasteiger partial charge < -0.3 is 0 Å². The van der Waals surface area contributed by atoms with Crippen molar-refractivity contribution in [3.63, 3.8) is 0 Å². The fourth-order valence-electron chi connectivity index (χ4n) is 4.61. The minimum atomic E-state index is 0.373. The molecule has 2 aliphatic rings.